The predicted molar refractivity (Wildman–Crippen MR) is 149 cm³/mol. The van der Waals surface area contributed by atoms with Gasteiger partial charge in [0.2, 0.25) is 0 Å². The highest BCUT2D eigenvalue weighted by atomic mass is 16.3. The molecular formula is C33H21N3O. The van der Waals surface area contributed by atoms with Crippen molar-refractivity contribution in [2.45, 2.75) is 0 Å². The molecule has 0 N–H and O–H groups in total. The molecule has 0 aliphatic rings. The molecular weight excluding hydrogens is 454 g/mol. The molecule has 0 atom stereocenters. The van der Waals surface area contributed by atoms with Gasteiger partial charge in [0.15, 0.2) is 17.5 Å². The third-order valence-electron chi connectivity index (χ3n) is 6.24. The summed E-state index contributed by atoms with van der Waals surface area (Å²) in [4.78, 5) is 14.1. The number of hydrogen-bond acceptors (Lipinski definition) is 4. The molecule has 4 heteroatoms. The number of hydrogen-bond donors (Lipinski definition) is 0. The van der Waals surface area contributed by atoms with Gasteiger partial charge in [-0.05, 0) is 23.3 Å². The summed E-state index contributed by atoms with van der Waals surface area (Å²) >= 11 is 0. The monoisotopic (exact) mass is 480 g/mol. The summed E-state index contributed by atoms with van der Waals surface area (Å²) in [5.41, 5.74) is 4.57. The number of rotatable bonds is 4. The lowest BCUT2D eigenvalue weighted by molar-refractivity contribution is 0.669. The van der Waals surface area contributed by atoms with Crippen LogP contribution in [0.25, 0.3) is 67.2 Å². The first-order valence-electron chi connectivity index (χ1n) is 14.3. The maximum Gasteiger partial charge on any atom is 0.167 e. The summed E-state index contributed by atoms with van der Waals surface area (Å²) in [5, 5.41) is 1.84. The summed E-state index contributed by atoms with van der Waals surface area (Å²) in [7, 11) is 0. The van der Waals surface area contributed by atoms with E-state index in [1.165, 1.54) is 0 Å². The topological polar surface area (TPSA) is 51.8 Å². The minimum Gasteiger partial charge on any atom is -0.455 e. The maximum atomic E-state index is 8.54. The number of nitrogens with zero attached hydrogens (tertiary/aromatic N) is 3. The standard InChI is InChI=1S/C33H21N3O/c1-4-12-22(13-5-1)25-18-11-21-28-29(25)26-19-10-20-27(30(26)37-28)33-35-31(23-14-6-2-7-15-23)34-32(36-33)24-16-8-3-9-17-24/h1-21H/i2D,6D,7D,14D,15D. The zero-order valence-electron chi connectivity index (χ0n) is 24.5. The third-order valence-corrected chi connectivity index (χ3v) is 6.24. The fraction of sp³-hybridized carbons (Fsp3) is 0. The van der Waals surface area contributed by atoms with Crippen LogP contribution in [0.2, 0.25) is 0 Å². The van der Waals surface area contributed by atoms with Gasteiger partial charge >= 0.3 is 0 Å². The van der Waals surface area contributed by atoms with Crippen molar-refractivity contribution in [3.63, 3.8) is 0 Å². The highest BCUT2D eigenvalue weighted by Crippen LogP contribution is 2.40. The van der Waals surface area contributed by atoms with Crippen LogP contribution < -0.4 is 0 Å². The minimum absolute atomic E-state index is 0.0195. The zero-order chi connectivity index (χ0) is 29.0. The first-order valence-corrected chi connectivity index (χ1v) is 11.8. The Morgan fingerprint density at radius 2 is 1.14 bits per heavy atom. The van der Waals surface area contributed by atoms with Gasteiger partial charge in [0.05, 0.1) is 12.4 Å². The lowest BCUT2D eigenvalue weighted by atomic mass is 9.99. The van der Waals surface area contributed by atoms with Gasteiger partial charge in [0.25, 0.3) is 0 Å². The number of fused-ring (bicyclic) bond motifs is 3. The van der Waals surface area contributed by atoms with E-state index in [1.54, 1.807) is 0 Å². The summed E-state index contributed by atoms with van der Waals surface area (Å²) in [6.07, 6.45) is 0. The Balaban J connectivity index is 1.52. The van der Waals surface area contributed by atoms with Crippen molar-refractivity contribution in [2.75, 3.05) is 0 Å². The van der Waals surface area contributed by atoms with Crippen LogP contribution in [0.3, 0.4) is 0 Å². The van der Waals surface area contributed by atoms with E-state index in [2.05, 4.69) is 28.2 Å². The van der Waals surface area contributed by atoms with Crippen molar-refractivity contribution < 1.29 is 11.3 Å². The average Bonchev–Trinajstić information content (AvgIpc) is 3.43. The van der Waals surface area contributed by atoms with Crippen molar-refractivity contribution in [3.8, 4) is 45.3 Å². The Labute approximate surface area is 221 Å². The summed E-state index contributed by atoms with van der Waals surface area (Å²) in [5.74, 6) is 0.547. The van der Waals surface area contributed by atoms with E-state index in [1.807, 2.05) is 78.9 Å². The van der Waals surface area contributed by atoms with Crippen LogP contribution in [-0.4, -0.2) is 15.0 Å². The minimum atomic E-state index is -0.479. The van der Waals surface area contributed by atoms with Crippen molar-refractivity contribution in [1.82, 2.24) is 15.0 Å². The van der Waals surface area contributed by atoms with Crippen LogP contribution in [0.5, 0.6) is 0 Å². The largest absolute Gasteiger partial charge is 0.455 e. The van der Waals surface area contributed by atoms with Crippen LogP contribution >= 0.6 is 0 Å². The Morgan fingerprint density at radius 3 is 1.89 bits per heavy atom. The van der Waals surface area contributed by atoms with E-state index in [0.29, 0.717) is 28.1 Å². The summed E-state index contributed by atoms with van der Waals surface area (Å²) in [6, 6.07) is 28.9. The van der Waals surface area contributed by atoms with Crippen molar-refractivity contribution in [2.24, 2.45) is 0 Å². The first-order chi connectivity index (χ1) is 20.4. The molecule has 0 saturated heterocycles. The van der Waals surface area contributed by atoms with Crippen LogP contribution in [0.1, 0.15) is 6.85 Å². The first kappa shape index (κ1) is 16.6. The third kappa shape index (κ3) is 3.76. The number of furan rings is 1. The smallest absolute Gasteiger partial charge is 0.167 e. The van der Waals surface area contributed by atoms with Crippen molar-refractivity contribution >= 4 is 21.9 Å². The molecule has 0 saturated carbocycles. The number of benzene rings is 5. The van der Waals surface area contributed by atoms with E-state index < -0.39 is 18.1 Å². The highest BCUT2D eigenvalue weighted by Gasteiger charge is 2.19. The Bertz CT molecular complexity index is 2120. The van der Waals surface area contributed by atoms with Gasteiger partial charge in [-0.3, -0.25) is 0 Å². The lowest BCUT2D eigenvalue weighted by Crippen LogP contribution is -2.00. The van der Waals surface area contributed by atoms with E-state index >= 15 is 0 Å². The van der Waals surface area contributed by atoms with E-state index in [4.69, 9.17) is 16.3 Å². The Hall–Kier alpha value is -5.09. The molecule has 7 rings (SSSR count). The molecule has 37 heavy (non-hydrogen) atoms. The molecule has 2 heterocycles. The second-order valence-corrected chi connectivity index (χ2v) is 8.50. The molecule has 0 radical (unpaired) electrons. The SMILES string of the molecule is [2H]c1c([2H])c([2H])c(-c2nc(-c3ccccc3)nc(-c3cccc4c3oc3cccc(-c5ccccc5)c34)n2)c([2H])c1[2H]. The second-order valence-electron chi connectivity index (χ2n) is 8.50. The normalized spacial score (nSPS) is 13.1. The van der Waals surface area contributed by atoms with Gasteiger partial charge < -0.3 is 4.42 Å². The van der Waals surface area contributed by atoms with Gasteiger partial charge in [-0.15, -0.1) is 0 Å². The molecule has 0 amide bonds. The summed E-state index contributed by atoms with van der Waals surface area (Å²) in [6.45, 7) is 0. The molecule has 5 aromatic carbocycles. The Morgan fingerprint density at radius 1 is 0.514 bits per heavy atom. The molecule has 0 aliphatic heterocycles. The van der Waals surface area contributed by atoms with Crippen LogP contribution in [0, 0.1) is 0 Å². The summed E-state index contributed by atoms with van der Waals surface area (Å²) < 4.78 is 47.9. The van der Waals surface area contributed by atoms with E-state index in [-0.39, 0.29) is 29.3 Å². The Kier molecular flexibility index (Phi) is 3.96. The van der Waals surface area contributed by atoms with Gasteiger partial charge in [0.1, 0.15) is 11.2 Å². The molecule has 4 nitrogen and oxygen atoms in total. The lowest BCUT2D eigenvalue weighted by Gasteiger charge is -2.08. The number of aromatic nitrogens is 3. The molecule has 0 aliphatic carbocycles. The molecule has 0 bridgehead atoms. The molecule has 2 aromatic heterocycles. The molecule has 0 spiro atoms. The molecule has 7 aromatic rings. The average molecular weight is 481 g/mol. The van der Waals surface area contributed by atoms with E-state index in [9.17, 15) is 0 Å². The fourth-order valence-corrected chi connectivity index (χ4v) is 4.57. The fourth-order valence-electron chi connectivity index (χ4n) is 4.57. The maximum absolute atomic E-state index is 8.54. The van der Waals surface area contributed by atoms with Gasteiger partial charge in [-0.25, -0.2) is 15.0 Å². The number of para-hydroxylation sites is 1. The van der Waals surface area contributed by atoms with Crippen LogP contribution in [0.15, 0.2) is 132 Å². The van der Waals surface area contributed by atoms with Crippen LogP contribution in [-0.2, 0) is 0 Å². The quantitative estimate of drug-likeness (QED) is 0.254. The predicted octanol–water partition coefficient (Wildman–Crippen LogP) is 8.44. The van der Waals surface area contributed by atoms with Crippen molar-refractivity contribution in [3.05, 3.63) is 127 Å². The molecule has 0 unspecified atom stereocenters. The van der Waals surface area contributed by atoms with E-state index in [0.717, 1.165) is 21.9 Å². The van der Waals surface area contributed by atoms with Gasteiger partial charge in [-0.1, -0.05) is 115 Å². The zero-order valence-corrected chi connectivity index (χ0v) is 19.5. The second kappa shape index (κ2) is 8.85. The highest BCUT2D eigenvalue weighted by molar-refractivity contribution is 6.15. The van der Waals surface area contributed by atoms with Crippen LogP contribution in [0.4, 0.5) is 0 Å². The molecule has 174 valence electrons. The molecule has 0 fully saturated rings. The van der Waals surface area contributed by atoms with Gasteiger partial charge in [0, 0.05) is 21.9 Å². The van der Waals surface area contributed by atoms with Gasteiger partial charge in [-0.2, -0.15) is 0 Å². The van der Waals surface area contributed by atoms with Crippen molar-refractivity contribution in [1.29, 1.82) is 0 Å².